The van der Waals surface area contributed by atoms with Gasteiger partial charge < -0.3 is 14.0 Å². The number of aromatic nitrogens is 1. The van der Waals surface area contributed by atoms with Crippen LogP contribution >= 0.6 is 0 Å². The molecule has 0 aliphatic carbocycles. The zero-order valence-corrected chi connectivity index (χ0v) is 22.0. The first-order valence-electron chi connectivity index (χ1n) is 11.7. The third-order valence-corrected chi connectivity index (χ3v) is 7.97. The van der Waals surface area contributed by atoms with Crippen LogP contribution < -0.4 is 9.46 Å². The van der Waals surface area contributed by atoms with Crippen LogP contribution in [-0.2, 0) is 19.3 Å². The molecule has 1 unspecified atom stereocenters. The third kappa shape index (κ3) is 5.54. The molecule has 2 aromatic carbocycles. The maximum absolute atomic E-state index is 13.5. The Morgan fingerprint density at radius 3 is 2.11 bits per heavy atom. The van der Waals surface area contributed by atoms with Gasteiger partial charge in [-0.1, -0.05) is 54.6 Å². The fraction of sp³-hybridized carbons (Fsp3) is 0.296. The van der Waals surface area contributed by atoms with Crippen molar-refractivity contribution in [2.45, 2.75) is 50.0 Å². The molecule has 188 valence electrons. The summed E-state index contributed by atoms with van der Waals surface area (Å²) in [6.45, 7) is 7.86. The minimum absolute atomic E-state index is 0.0727. The zero-order valence-electron chi connectivity index (χ0n) is 21.1. The van der Waals surface area contributed by atoms with Gasteiger partial charge in [0.1, 0.15) is 5.75 Å². The molecule has 7 nitrogen and oxygen atoms in total. The van der Waals surface area contributed by atoms with Crippen LogP contribution in [0.25, 0.3) is 6.08 Å². The lowest BCUT2D eigenvalue weighted by Gasteiger charge is -2.32. The number of hydrogen-bond donors (Lipinski definition) is 1. The van der Waals surface area contributed by atoms with Gasteiger partial charge in [0, 0.05) is 6.20 Å². The monoisotopic (exact) mass is 506 g/mol. The molecule has 4 rings (SSSR count). The molecule has 0 saturated carbocycles. The first-order chi connectivity index (χ1) is 17.0. The SMILES string of the molecule is COc1ccc(C(NS(=O)(=O)c2ccccn2)/C(=C\c2ccccc2)B2OC(C)(C)C(C)(C)O2)cc1. The highest BCUT2D eigenvalue weighted by atomic mass is 32.2. The van der Waals surface area contributed by atoms with E-state index in [2.05, 4.69) is 9.71 Å². The normalized spacial score (nSPS) is 18.1. The van der Waals surface area contributed by atoms with E-state index in [0.717, 1.165) is 5.56 Å². The molecule has 1 aliphatic heterocycles. The van der Waals surface area contributed by atoms with Crippen molar-refractivity contribution in [1.29, 1.82) is 0 Å². The van der Waals surface area contributed by atoms with E-state index in [4.69, 9.17) is 14.0 Å². The Balaban J connectivity index is 1.86. The van der Waals surface area contributed by atoms with Gasteiger partial charge in [-0.25, -0.2) is 13.4 Å². The van der Waals surface area contributed by atoms with E-state index in [1.54, 1.807) is 31.4 Å². The molecule has 1 atom stereocenters. The summed E-state index contributed by atoms with van der Waals surface area (Å²) in [5.74, 6) is 0.661. The van der Waals surface area contributed by atoms with Gasteiger partial charge in [-0.15, -0.1) is 0 Å². The number of nitrogens with one attached hydrogen (secondary N) is 1. The first-order valence-corrected chi connectivity index (χ1v) is 13.2. The summed E-state index contributed by atoms with van der Waals surface area (Å²) in [7, 11) is -3.20. The number of nitrogens with zero attached hydrogens (tertiary/aromatic N) is 1. The zero-order chi connectivity index (χ0) is 26.0. The maximum Gasteiger partial charge on any atom is 0.492 e. The topological polar surface area (TPSA) is 86.8 Å². The van der Waals surface area contributed by atoms with Gasteiger partial charge in [0.2, 0.25) is 0 Å². The molecule has 1 fully saturated rings. The smallest absolute Gasteiger partial charge is 0.492 e. The van der Waals surface area contributed by atoms with E-state index in [1.165, 1.54) is 12.3 Å². The van der Waals surface area contributed by atoms with Gasteiger partial charge in [0.25, 0.3) is 10.0 Å². The summed E-state index contributed by atoms with van der Waals surface area (Å²) in [6, 6.07) is 20.9. The van der Waals surface area contributed by atoms with Crippen LogP contribution in [0.4, 0.5) is 0 Å². The highest BCUT2D eigenvalue weighted by molar-refractivity contribution is 7.89. The summed E-state index contributed by atoms with van der Waals surface area (Å²) < 4.78 is 47.9. The minimum Gasteiger partial charge on any atom is -0.497 e. The molecule has 9 heteroatoms. The molecule has 1 aromatic heterocycles. The van der Waals surface area contributed by atoms with Gasteiger partial charge in [-0.2, -0.15) is 4.72 Å². The highest BCUT2D eigenvalue weighted by Gasteiger charge is 2.53. The summed E-state index contributed by atoms with van der Waals surface area (Å²) in [6.07, 6.45) is 3.36. The molecule has 1 N–H and O–H groups in total. The lowest BCUT2D eigenvalue weighted by molar-refractivity contribution is 0.00578. The Labute approximate surface area is 213 Å². The van der Waals surface area contributed by atoms with Crippen molar-refractivity contribution in [2.24, 2.45) is 0 Å². The molecule has 0 amide bonds. The molecule has 0 bridgehead atoms. The number of sulfonamides is 1. The lowest BCUT2D eigenvalue weighted by atomic mass is 9.71. The number of benzene rings is 2. The van der Waals surface area contributed by atoms with E-state index in [9.17, 15) is 8.42 Å². The Kier molecular flexibility index (Phi) is 7.38. The van der Waals surface area contributed by atoms with Crippen molar-refractivity contribution in [1.82, 2.24) is 9.71 Å². The summed E-state index contributed by atoms with van der Waals surface area (Å²) in [4.78, 5) is 4.06. The second kappa shape index (κ2) is 10.2. The van der Waals surface area contributed by atoms with Crippen molar-refractivity contribution < 1.29 is 22.5 Å². The summed E-state index contributed by atoms with van der Waals surface area (Å²) in [5, 5.41) is -0.0727. The molecular weight excluding hydrogens is 475 g/mol. The van der Waals surface area contributed by atoms with E-state index >= 15 is 0 Å². The van der Waals surface area contributed by atoms with Crippen LogP contribution in [0.2, 0.25) is 0 Å². The Bertz CT molecular complexity index is 1300. The number of pyridine rings is 1. The van der Waals surface area contributed by atoms with Gasteiger partial charge in [0.05, 0.1) is 24.4 Å². The standard InChI is InChI=1S/C27H31BN2O5S/c1-26(2)27(3,4)35-28(34-26)23(19-20-11-7-6-8-12-20)25(21-14-16-22(33-5)17-15-21)30-36(31,32)24-13-9-10-18-29-24/h6-19,25,30H,1-5H3/b23-19+. The quantitative estimate of drug-likeness (QED) is 0.441. The van der Waals surface area contributed by atoms with Gasteiger partial charge in [0.15, 0.2) is 5.03 Å². The average molecular weight is 506 g/mol. The van der Waals surface area contributed by atoms with E-state index in [0.29, 0.717) is 16.8 Å². The first kappa shape index (κ1) is 26.1. The molecular formula is C27H31BN2O5S. The number of ether oxygens (including phenoxy) is 1. The fourth-order valence-corrected chi connectivity index (χ4v) is 5.02. The van der Waals surface area contributed by atoms with Crippen molar-refractivity contribution in [3.8, 4) is 5.75 Å². The second-order valence-corrected chi connectivity index (χ2v) is 11.3. The van der Waals surface area contributed by atoms with Crippen LogP contribution in [0, 0.1) is 0 Å². The van der Waals surface area contributed by atoms with Crippen molar-refractivity contribution in [3.05, 3.63) is 95.6 Å². The summed E-state index contributed by atoms with van der Waals surface area (Å²) in [5.41, 5.74) is 0.977. The molecule has 3 aromatic rings. The maximum atomic E-state index is 13.5. The van der Waals surface area contributed by atoms with Crippen LogP contribution in [0.1, 0.15) is 44.9 Å². The van der Waals surface area contributed by atoms with Crippen LogP contribution in [-0.4, -0.2) is 38.8 Å². The Morgan fingerprint density at radius 2 is 1.56 bits per heavy atom. The third-order valence-electron chi connectivity index (χ3n) is 6.63. The van der Waals surface area contributed by atoms with Gasteiger partial charge in [-0.05, 0) is 68.6 Å². The molecule has 2 heterocycles. The predicted molar refractivity (Wildman–Crippen MR) is 141 cm³/mol. The molecule has 0 spiro atoms. The predicted octanol–water partition coefficient (Wildman–Crippen LogP) is 4.82. The summed E-state index contributed by atoms with van der Waals surface area (Å²) >= 11 is 0. The van der Waals surface area contributed by atoms with E-state index < -0.39 is 34.4 Å². The van der Waals surface area contributed by atoms with Crippen LogP contribution in [0.5, 0.6) is 5.75 Å². The van der Waals surface area contributed by atoms with E-state index in [1.807, 2.05) is 76.2 Å². The highest BCUT2D eigenvalue weighted by Crippen LogP contribution is 2.42. The fourth-order valence-electron chi connectivity index (χ4n) is 3.85. The number of rotatable bonds is 8. The molecule has 36 heavy (non-hydrogen) atoms. The second-order valence-electron chi connectivity index (χ2n) is 9.64. The van der Waals surface area contributed by atoms with Crippen LogP contribution in [0.3, 0.4) is 0 Å². The van der Waals surface area contributed by atoms with Gasteiger partial charge >= 0.3 is 7.12 Å². The molecule has 1 aliphatic rings. The largest absolute Gasteiger partial charge is 0.497 e. The Hall–Kier alpha value is -2.98. The number of hydrogen-bond acceptors (Lipinski definition) is 6. The average Bonchev–Trinajstić information content (AvgIpc) is 3.09. The van der Waals surface area contributed by atoms with E-state index in [-0.39, 0.29) is 5.03 Å². The molecule has 1 saturated heterocycles. The van der Waals surface area contributed by atoms with Crippen molar-refractivity contribution >= 4 is 23.2 Å². The van der Waals surface area contributed by atoms with Crippen molar-refractivity contribution in [3.63, 3.8) is 0 Å². The lowest BCUT2D eigenvalue weighted by Crippen LogP contribution is -2.41. The molecule has 0 radical (unpaired) electrons. The minimum atomic E-state index is -3.99. The number of methoxy groups -OCH3 is 1. The van der Waals surface area contributed by atoms with Gasteiger partial charge in [-0.3, -0.25) is 0 Å². The van der Waals surface area contributed by atoms with Crippen molar-refractivity contribution in [2.75, 3.05) is 7.11 Å². The Morgan fingerprint density at radius 1 is 0.944 bits per heavy atom. The van der Waals surface area contributed by atoms with Crippen LogP contribution in [0.15, 0.2) is 89.5 Å².